The molecule has 8 heteroatoms. The molecule has 1 N–H and O–H groups in total. The van der Waals surface area contributed by atoms with Crippen molar-refractivity contribution in [1.82, 2.24) is 4.90 Å². The molecule has 3 heterocycles. The predicted octanol–water partition coefficient (Wildman–Crippen LogP) is 4.26. The predicted molar refractivity (Wildman–Crippen MR) is 157 cm³/mol. The molecule has 6 atom stereocenters. The number of esters is 1. The number of anilines is 1. The van der Waals surface area contributed by atoms with Crippen molar-refractivity contribution in [2.45, 2.75) is 63.3 Å². The second kappa shape index (κ2) is 11.1. The molecule has 1 spiro atoms. The SMILES string of the molecule is C=CCOC(=O)[C@H]1[C@H]2C(=O)N([C@@H](CO)CC(C)C)C(C(=O)N(CC=C)c3ccc4ccccc4c3)C23CC[C@]1(C)O3. The third kappa shape index (κ3) is 4.67. The van der Waals surface area contributed by atoms with Gasteiger partial charge < -0.3 is 24.4 Å². The molecular weight excluding hydrogens is 520 g/mol. The molecule has 0 aliphatic carbocycles. The number of carbonyl (C=O) groups is 3. The maximum atomic E-state index is 14.8. The van der Waals surface area contributed by atoms with Gasteiger partial charge in [0.25, 0.3) is 5.91 Å². The van der Waals surface area contributed by atoms with Crippen molar-refractivity contribution in [3.8, 4) is 0 Å². The molecule has 2 amide bonds. The Bertz CT molecular complexity index is 1370. The molecule has 2 unspecified atom stereocenters. The topological polar surface area (TPSA) is 96.4 Å². The highest BCUT2D eigenvalue weighted by Crippen LogP contribution is 2.64. The van der Waals surface area contributed by atoms with Gasteiger partial charge in [-0.2, -0.15) is 0 Å². The van der Waals surface area contributed by atoms with E-state index >= 15 is 0 Å². The number of benzene rings is 2. The number of aliphatic hydroxyl groups excluding tert-OH is 1. The average Bonchev–Trinajstić information content (AvgIpc) is 3.53. The molecule has 41 heavy (non-hydrogen) atoms. The fraction of sp³-hybridized carbons (Fsp3) is 0.485. The smallest absolute Gasteiger partial charge is 0.313 e. The molecule has 2 bridgehead atoms. The summed E-state index contributed by atoms with van der Waals surface area (Å²) in [4.78, 5) is 45.8. The molecule has 3 saturated heterocycles. The maximum absolute atomic E-state index is 14.8. The van der Waals surface area contributed by atoms with Crippen LogP contribution in [0, 0.1) is 17.8 Å². The summed E-state index contributed by atoms with van der Waals surface area (Å²) < 4.78 is 12.2. The van der Waals surface area contributed by atoms with Gasteiger partial charge in [-0.25, -0.2) is 0 Å². The first kappa shape index (κ1) is 29.0. The Morgan fingerprint density at radius 1 is 1.17 bits per heavy atom. The standard InChI is InChI=1S/C33H40N2O6/c1-6-16-34(24-13-12-22-10-8-9-11-23(22)19-24)30(38)28-33-15-14-32(5,41-33)27(31(39)40-17-7-2)26(33)29(37)35(28)25(20-36)18-21(3)4/h6-13,19,21,25-28,36H,1-2,14-18,20H2,3-5H3/t25-,26+,27-,28?,32+,33?/m1/s1. The zero-order valence-electron chi connectivity index (χ0n) is 24.1. The van der Waals surface area contributed by atoms with Crippen LogP contribution in [0.3, 0.4) is 0 Å². The molecule has 3 aliphatic rings. The first-order valence-electron chi connectivity index (χ1n) is 14.4. The molecule has 0 aromatic heterocycles. The molecule has 5 rings (SSSR count). The van der Waals surface area contributed by atoms with E-state index in [1.54, 1.807) is 11.0 Å². The van der Waals surface area contributed by atoms with Crippen LogP contribution in [-0.2, 0) is 23.9 Å². The van der Waals surface area contributed by atoms with Gasteiger partial charge in [0.1, 0.15) is 24.2 Å². The van der Waals surface area contributed by atoms with Crippen molar-refractivity contribution in [2.75, 3.05) is 24.7 Å². The molecule has 3 fully saturated rings. The summed E-state index contributed by atoms with van der Waals surface area (Å²) in [6.07, 6.45) is 4.59. The van der Waals surface area contributed by atoms with Crippen molar-refractivity contribution >= 4 is 34.2 Å². The first-order valence-corrected chi connectivity index (χ1v) is 14.4. The van der Waals surface area contributed by atoms with Crippen LogP contribution in [0.1, 0.15) is 40.0 Å². The quantitative estimate of drug-likeness (QED) is 0.326. The molecule has 2 aromatic rings. The Hall–Kier alpha value is -3.49. The van der Waals surface area contributed by atoms with E-state index in [2.05, 4.69) is 13.2 Å². The Balaban J connectivity index is 1.63. The van der Waals surface area contributed by atoms with Gasteiger partial charge in [0, 0.05) is 12.2 Å². The maximum Gasteiger partial charge on any atom is 0.313 e. The highest BCUT2D eigenvalue weighted by atomic mass is 16.6. The van der Waals surface area contributed by atoms with Gasteiger partial charge in [-0.1, -0.05) is 62.9 Å². The number of carbonyl (C=O) groups excluding carboxylic acids is 3. The lowest BCUT2D eigenvalue weighted by atomic mass is 9.66. The normalized spacial score (nSPS) is 29.0. The van der Waals surface area contributed by atoms with Crippen LogP contribution in [0.2, 0.25) is 0 Å². The Kier molecular flexibility index (Phi) is 7.83. The number of ether oxygens (including phenoxy) is 2. The molecule has 218 valence electrons. The largest absolute Gasteiger partial charge is 0.461 e. The van der Waals surface area contributed by atoms with E-state index < -0.39 is 41.1 Å². The second-order valence-corrected chi connectivity index (χ2v) is 12.1. The fourth-order valence-electron chi connectivity index (χ4n) is 7.39. The van der Waals surface area contributed by atoms with Gasteiger partial charge in [0.2, 0.25) is 5.91 Å². The number of rotatable bonds is 11. The number of fused-ring (bicyclic) bond motifs is 2. The molecule has 3 aliphatic heterocycles. The minimum absolute atomic E-state index is 0.0209. The highest BCUT2D eigenvalue weighted by molar-refractivity contribution is 6.05. The summed E-state index contributed by atoms with van der Waals surface area (Å²) in [7, 11) is 0. The summed E-state index contributed by atoms with van der Waals surface area (Å²) in [6.45, 7) is 13.3. The van der Waals surface area contributed by atoms with Gasteiger partial charge in [-0.15, -0.1) is 6.58 Å². The van der Waals surface area contributed by atoms with Crippen molar-refractivity contribution in [2.24, 2.45) is 17.8 Å². The molecule has 0 saturated carbocycles. The average molecular weight is 561 g/mol. The summed E-state index contributed by atoms with van der Waals surface area (Å²) in [5.41, 5.74) is -1.49. The van der Waals surface area contributed by atoms with Crippen LogP contribution in [0.4, 0.5) is 5.69 Å². The number of aliphatic hydroxyl groups is 1. The van der Waals surface area contributed by atoms with Gasteiger partial charge >= 0.3 is 5.97 Å². The van der Waals surface area contributed by atoms with Crippen LogP contribution in [0.25, 0.3) is 10.8 Å². The minimum atomic E-state index is -1.22. The van der Waals surface area contributed by atoms with Crippen LogP contribution in [0.15, 0.2) is 67.8 Å². The lowest BCUT2D eigenvalue weighted by molar-refractivity contribution is -0.159. The number of hydrogen-bond acceptors (Lipinski definition) is 6. The zero-order chi connectivity index (χ0) is 29.5. The first-order chi connectivity index (χ1) is 19.6. The van der Waals surface area contributed by atoms with Crippen LogP contribution < -0.4 is 4.90 Å². The monoisotopic (exact) mass is 560 g/mol. The van der Waals surface area contributed by atoms with Gasteiger partial charge in [0.15, 0.2) is 0 Å². The number of hydrogen-bond donors (Lipinski definition) is 1. The van der Waals surface area contributed by atoms with E-state index in [1.165, 1.54) is 11.0 Å². The Morgan fingerprint density at radius 3 is 2.56 bits per heavy atom. The number of likely N-dealkylation sites (tertiary alicyclic amines) is 1. The van der Waals surface area contributed by atoms with Crippen LogP contribution in [0.5, 0.6) is 0 Å². The summed E-state index contributed by atoms with van der Waals surface area (Å²) in [5.74, 6) is -2.79. The van der Waals surface area contributed by atoms with Crippen molar-refractivity contribution in [1.29, 1.82) is 0 Å². The van der Waals surface area contributed by atoms with E-state index in [-0.39, 0.29) is 37.5 Å². The van der Waals surface area contributed by atoms with Gasteiger partial charge in [-0.05, 0) is 55.0 Å². The van der Waals surface area contributed by atoms with Crippen molar-refractivity contribution in [3.05, 3.63) is 67.8 Å². The summed E-state index contributed by atoms with van der Waals surface area (Å²) >= 11 is 0. The van der Waals surface area contributed by atoms with E-state index in [1.807, 2.05) is 63.2 Å². The van der Waals surface area contributed by atoms with Crippen molar-refractivity contribution in [3.63, 3.8) is 0 Å². The number of amides is 2. The molecule has 2 aromatic carbocycles. The third-order valence-electron chi connectivity index (χ3n) is 9.02. The van der Waals surface area contributed by atoms with Gasteiger partial charge in [0.05, 0.1) is 24.2 Å². The third-order valence-corrected chi connectivity index (χ3v) is 9.02. The molecule has 8 nitrogen and oxygen atoms in total. The summed E-state index contributed by atoms with van der Waals surface area (Å²) in [6, 6.07) is 12.1. The van der Waals surface area contributed by atoms with Crippen molar-refractivity contribution < 1.29 is 29.0 Å². The summed E-state index contributed by atoms with van der Waals surface area (Å²) in [5, 5.41) is 12.5. The van der Waals surface area contributed by atoms with E-state index in [9.17, 15) is 19.5 Å². The molecular formula is C33H40N2O6. The zero-order valence-corrected chi connectivity index (χ0v) is 24.1. The fourth-order valence-corrected chi connectivity index (χ4v) is 7.39. The highest BCUT2D eigenvalue weighted by Gasteiger charge is 2.79. The van der Waals surface area contributed by atoms with Crippen LogP contribution in [-0.4, -0.2) is 70.8 Å². The number of nitrogens with zero attached hydrogens (tertiary/aromatic N) is 2. The van der Waals surface area contributed by atoms with Crippen LogP contribution >= 0.6 is 0 Å². The molecule has 0 radical (unpaired) electrons. The second-order valence-electron chi connectivity index (χ2n) is 12.1. The van der Waals surface area contributed by atoms with E-state index in [0.717, 1.165) is 10.8 Å². The Morgan fingerprint density at radius 2 is 1.90 bits per heavy atom. The lowest BCUT2D eigenvalue weighted by Crippen LogP contribution is -2.59. The lowest BCUT2D eigenvalue weighted by Gasteiger charge is -2.40. The Labute approximate surface area is 241 Å². The van der Waals surface area contributed by atoms with E-state index in [0.29, 0.717) is 24.9 Å². The van der Waals surface area contributed by atoms with E-state index in [4.69, 9.17) is 9.47 Å². The van der Waals surface area contributed by atoms with Gasteiger partial charge in [-0.3, -0.25) is 14.4 Å². The minimum Gasteiger partial charge on any atom is -0.461 e.